The Morgan fingerprint density at radius 1 is 1.33 bits per heavy atom. The Kier molecular flexibility index (Phi) is 2.92. The maximum absolute atomic E-state index is 12.0. The van der Waals surface area contributed by atoms with E-state index in [-0.39, 0.29) is 12.2 Å². The number of hydrogen-bond donors (Lipinski definition) is 1. The van der Waals surface area contributed by atoms with Gasteiger partial charge in [-0.2, -0.15) is 0 Å². The van der Waals surface area contributed by atoms with Crippen LogP contribution in [0.2, 0.25) is 0 Å². The van der Waals surface area contributed by atoms with Crippen LogP contribution in [0.15, 0.2) is 12.1 Å². The van der Waals surface area contributed by atoms with Gasteiger partial charge in [-0.1, -0.05) is 0 Å². The van der Waals surface area contributed by atoms with Crippen molar-refractivity contribution in [1.29, 1.82) is 0 Å². The summed E-state index contributed by atoms with van der Waals surface area (Å²) in [7, 11) is 0. The van der Waals surface area contributed by atoms with Gasteiger partial charge >= 0.3 is 6.09 Å². The lowest BCUT2D eigenvalue weighted by molar-refractivity contribution is 0.145. The molecule has 1 amide bonds. The summed E-state index contributed by atoms with van der Waals surface area (Å²) in [6, 6.07) is 4.05. The Hall–Kier alpha value is -1.95. The highest BCUT2D eigenvalue weighted by atomic mass is 16.6. The fourth-order valence-corrected chi connectivity index (χ4v) is 3.38. The van der Waals surface area contributed by atoms with Gasteiger partial charge in [0.15, 0.2) is 0 Å². The summed E-state index contributed by atoms with van der Waals surface area (Å²) in [5.41, 5.74) is 8.92. The van der Waals surface area contributed by atoms with Crippen LogP contribution >= 0.6 is 0 Å². The van der Waals surface area contributed by atoms with Crippen LogP contribution in [0.25, 0.3) is 0 Å². The number of cyclic esters (lactones) is 1. The van der Waals surface area contributed by atoms with Crippen LogP contribution in [0.3, 0.4) is 0 Å². The Bertz CT molecular complexity index is 559. The number of ether oxygens (including phenoxy) is 2. The van der Waals surface area contributed by atoms with Gasteiger partial charge < -0.3 is 20.1 Å². The zero-order valence-corrected chi connectivity index (χ0v) is 11.9. The van der Waals surface area contributed by atoms with E-state index in [4.69, 9.17) is 15.2 Å². The molecule has 1 atom stereocenters. The molecule has 21 heavy (non-hydrogen) atoms. The highest BCUT2D eigenvalue weighted by Crippen LogP contribution is 2.42. The summed E-state index contributed by atoms with van der Waals surface area (Å²) < 4.78 is 11.1. The number of nitrogens with zero attached hydrogens (tertiary/aromatic N) is 2. The second-order valence-electron chi connectivity index (χ2n) is 5.74. The number of amides is 1. The molecule has 0 bridgehead atoms. The molecule has 2 N–H and O–H groups in total. The molecule has 6 nitrogen and oxygen atoms in total. The highest BCUT2D eigenvalue weighted by Gasteiger charge is 2.33. The molecule has 0 aromatic heterocycles. The second kappa shape index (κ2) is 4.80. The van der Waals surface area contributed by atoms with Crippen molar-refractivity contribution in [2.24, 2.45) is 5.73 Å². The van der Waals surface area contributed by atoms with Crippen LogP contribution in [-0.2, 0) is 11.2 Å². The van der Waals surface area contributed by atoms with Gasteiger partial charge in [-0.05, 0) is 24.5 Å². The first-order chi connectivity index (χ1) is 10.3. The fourth-order valence-electron chi connectivity index (χ4n) is 3.38. The molecule has 1 fully saturated rings. The molecule has 3 heterocycles. The normalized spacial score (nSPS) is 23.7. The van der Waals surface area contributed by atoms with Crippen molar-refractivity contribution in [2.45, 2.75) is 18.9 Å². The number of anilines is 2. The third-order valence-electron chi connectivity index (χ3n) is 4.40. The van der Waals surface area contributed by atoms with Crippen LogP contribution in [0.5, 0.6) is 5.75 Å². The first-order valence-corrected chi connectivity index (χ1v) is 7.49. The molecule has 0 spiro atoms. The van der Waals surface area contributed by atoms with Gasteiger partial charge in [-0.3, -0.25) is 4.90 Å². The topological polar surface area (TPSA) is 68.0 Å². The highest BCUT2D eigenvalue weighted by molar-refractivity contribution is 5.91. The Labute approximate surface area is 123 Å². The summed E-state index contributed by atoms with van der Waals surface area (Å²) in [4.78, 5) is 16.0. The molecular weight excluding hydrogens is 270 g/mol. The number of hydrogen-bond acceptors (Lipinski definition) is 5. The number of carbonyl (C=O) groups is 1. The first kappa shape index (κ1) is 12.8. The Morgan fingerprint density at radius 3 is 3.05 bits per heavy atom. The summed E-state index contributed by atoms with van der Waals surface area (Å²) >= 11 is 0. The van der Waals surface area contributed by atoms with E-state index < -0.39 is 0 Å². The Morgan fingerprint density at radius 2 is 2.24 bits per heavy atom. The van der Waals surface area contributed by atoms with Crippen LogP contribution in [0.1, 0.15) is 12.0 Å². The van der Waals surface area contributed by atoms with E-state index in [0.29, 0.717) is 19.7 Å². The van der Waals surface area contributed by atoms with Gasteiger partial charge in [0.25, 0.3) is 0 Å². The van der Waals surface area contributed by atoms with Gasteiger partial charge in [0, 0.05) is 19.2 Å². The maximum atomic E-state index is 12.0. The van der Waals surface area contributed by atoms with Crippen LogP contribution in [-0.4, -0.2) is 45.0 Å². The van der Waals surface area contributed by atoms with Crippen molar-refractivity contribution < 1.29 is 14.3 Å². The zero-order chi connectivity index (χ0) is 14.4. The molecule has 1 unspecified atom stereocenters. The van der Waals surface area contributed by atoms with E-state index in [1.54, 1.807) is 4.90 Å². The summed E-state index contributed by atoms with van der Waals surface area (Å²) in [5.74, 6) is 0.887. The van der Waals surface area contributed by atoms with E-state index in [1.165, 1.54) is 11.3 Å². The summed E-state index contributed by atoms with van der Waals surface area (Å²) in [5, 5.41) is 0. The molecule has 1 aromatic carbocycles. The predicted molar refractivity (Wildman–Crippen MR) is 79.1 cm³/mol. The van der Waals surface area contributed by atoms with Gasteiger partial charge in [-0.25, -0.2) is 4.79 Å². The smallest absolute Gasteiger partial charge is 0.414 e. The number of rotatable bonds is 2. The van der Waals surface area contributed by atoms with E-state index in [9.17, 15) is 4.79 Å². The van der Waals surface area contributed by atoms with Gasteiger partial charge in [0.2, 0.25) is 0 Å². The molecule has 0 radical (unpaired) electrons. The molecule has 0 aliphatic carbocycles. The molecule has 4 rings (SSSR count). The van der Waals surface area contributed by atoms with E-state index in [2.05, 4.69) is 11.0 Å². The van der Waals surface area contributed by atoms with Crippen molar-refractivity contribution >= 4 is 17.5 Å². The molecule has 1 saturated heterocycles. The molecule has 3 aliphatic rings. The number of carbonyl (C=O) groups excluding carboxylic acids is 1. The van der Waals surface area contributed by atoms with E-state index >= 15 is 0 Å². The quantitative estimate of drug-likeness (QED) is 0.883. The Balaban J connectivity index is 1.73. The minimum absolute atomic E-state index is 0.220. The van der Waals surface area contributed by atoms with Gasteiger partial charge in [-0.15, -0.1) is 0 Å². The van der Waals surface area contributed by atoms with Gasteiger partial charge in [0.1, 0.15) is 18.5 Å². The van der Waals surface area contributed by atoms with Crippen LogP contribution in [0, 0.1) is 0 Å². The lowest BCUT2D eigenvalue weighted by Crippen LogP contribution is -2.37. The fraction of sp³-hybridized carbons (Fsp3) is 0.533. The molecular formula is C15H19N3O3. The number of aryl methyl sites for hydroxylation is 1. The van der Waals surface area contributed by atoms with Crippen molar-refractivity contribution in [3.05, 3.63) is 17.7 Å². The summed E-state index contributed by atoms with van der Waals surface area (Å²) in [6.07, 6.45) is 1.63. The first-order valence-electron chi connectivity index (χ1n) is 7.49. The number of nitrogens with two attached hydrogens (primary N) is 1. The van der Waals surface area contributed by atoms with Crippen molar-refractivity contribution in [3.8, 4) is 5.75 Å². The van der Waals surface area contributed by atoms with E-state index in [0.717, 1.165) is 37.4 Å². The second-order valence-corrected chi connectivity index (χ2v) is 5.74. The molecule has 0 saturated carbocycles. The zero-order valence-electron chi connectivity index (χ0n) is 11.9. The summed E-state index contributed by atoms with van der Waals surface area (Å²) in [6.45, 7) is 3.59. The van der Waals surface area contributed by atoms with Crippen LogP contribution in [0.4, 0.5) is 16.2 Å². The standard InChI is InChI=1S/C15H19N3O3/c16-8-12-9-18(15(19)21-12)11-6-10-2-1-3-17-4-5-20-13(7-11)14(10)17/h6-7,12H,1-5,8-9,16H2. The monoisotopic (exact) mass is 289 g/mol. The SMILES string of the molecule is NCC1CN(c2cc3c4c(c2)OCCN4CCC3)C(=O)O1. The average molecular weight is 289 g/mol. The lowest BCUT2D eigenvalue weighted by atomic mass is 9.99. The van der Waals surface area contributed by atoms with Crippen LogP contribution < -0.4 is 20.3 Å². The largest absolute Gasteiger partial charge is 0.489 e. The van der Waals surface area contributed by atoms with Crippen molar-refractivity contribution in [2.75, 3.05) is 42.6 Å². The van der Waals surface area contributed by atoms with E-state index in [1.807, 2.05) is 6.07 Å². The molecule has 1 aromatic rings. The molecule has 112 valence electrons. The van der Waals surface area contributed by atoms with Gasteiger partial charge in [0.05, 0.1) is 24.5 Å². The third-order valence-corrected chi connectivity index (χ3v) is 4.40. The minimum Gasteiger partial charge on any atom is -0.489 e. The number of benzene rings is 1. The third kappa shape index (κ3) is 2.01. The maximum Gasteiger partial charge on any atom is 0.414 e. The predicted octanol–water partition coefficient (Wildman–Crippen LogP) is 1.12. The molecule has 3 aliphatic heterocycles. The van der Waals surface area contributed by atoms with Crippen molar-refractivity contribution in [3.63, 3.8) is 0 Å². The minimum atomic E-state index is -0.318. The van der Waals surface area contributed by atoms with Crippen molar-refractivity contribution in [1.82, 2.24) is 0 Å². The lowest BCUT2D eigenvalue weighted by Gasteiger charge is -2.37. The average Bonchev–Trinajstić information content (AvgIpc) is 2.89. The molecule has 6 heteroatoms.